The Morgan fingerprint density at radius 1 is 1.08 bits per heavy atom. The molecular formula is C11H24N2. The lowest BCUT2D eigenvalue weighted by atomic mass is 9.84. The fourth-order valence-electron chi connectivity index (χ4n) is 2.41. The molecule has 1 fully saturated rings. The first-order valence-corrected chi connectivity index (χ1v) is 5.78. The van der Waals surface area contributed by atoms with Crippen LogP contribution in [0.25, 0.3) is 0 Å². The van der Waals surface area contributed by atoms with Crippen molar-refractivity contribution < 1.29 is 0 Å². The zero-order chi connectivity index (χ0) is 9.57. The Bertz CT molecular complexity index is 126. The average Bonchev–Trinajstić information content (AvgIpc) is 2.10. The van der Waals surface area contributed by atoms with E-state index in [0.29, 0.717) is 0 Å². The molecule has 0 radical (unpaired) electrons. The number of rotatable bonds is 3. The highest BCUT2D eigenvalue weighted by Gasteiger charge is 2.26. The largest absolute Gasteiger partial charge is 0.329 e. The van der Waals surface area contributed by atoms with Crippen molar-refractivity contribution in [1.82, 2.24) is 5.32 Å². The zero-order valence-electron chi connectivity index (χ0n) is 8.94. The molecule has 1 saturated carbocycles. The van der Waals surface area contributed by atoms with Crippen LogP contribution in [-0.4, -0.2) is 18.6 Å². The highest BCUT2D eigenvalue weighted by atomic mass is 15.0. The topological polar surface area (TPSA) is 38.0 Å². The smallest absolute Gasteiger partial charge is 0.0303 e. The van der Waals surface area contributed by atoms with Crippen LogP contribution in [0.4, 0.5) is 0 Å². The first kappa shape index (κ1) is 11.0. The molecule has 13 heavy (non-hydrogen) atoms. The van der Waals surface area contributed by atoms with E-state index in [1.165, 1.54) is 44.9 Å². The molecule has 1 aliphatic carbocycles. The van der Waals surface area contributed by atoms with Crippen LogP contribution in [0, 0.1) is 0 Å². The Balaban J connectivity index is 2.47. The molecule has 0 aromatic rings. The average molecular weight is 184 g/mol. The summed E-state index contributed by atoms with van der Waals surface area (Å²) in [4.78, 5) is 0. The normalized spacial score (nSPS) is 23.5. The van der Waals surface area contributed by atoms with Gasteiger partial charge >= 0.3 is 0 Å². The van der Waals surface area contributed by atoms with Gasteiger partial charge in [0.2, 0.25) is 0 Å². The van der Waals surface area contributed by atoms with Crippen molar-refractivity contribution in [3.8, 4) is 0 Å². The Morgan fingerprint density at radius 2 is 1.62 bits per heavy atom. The lowest BCUT2D eigenvalue weighted by molar-refractivity contribution is 0.261. The van der Waals surface area contributed by atoms with Crippen molar-refractivity contribution >= 4 is 0 Å². The van der Waals surface area contributed by atoms with Crippen LogP contribution in [-0.2, 0) is 0 Å². The fourth-order valence-corrected chi connectivity index (χ4v) is 2.41. The molecule has 0 bridgehead atoms. The fraction of sp³-hybridized carbons (Fsp3) is 1.00. The molecule has 0 aromatic carbocycles. The lowest BCUT2D eigenvalue weighted by Crippen LogP contribution is -2.51. The lowest BCUT2D eigenvalue weighted by Gasteiger charge is -2.35. The minimum Gasteiger partial charge on any atom is -0.329 e. The highest BCUT2D eigenvalue weighted by Crippen LogP contribution is 2.25. The summed E-state index contributed by atoms with van der Waals surface area (Å²) in [5.41, 5.74) is 6.16. The van der Waals surface area contributed by atoms with Crippen molar-refractivity contribution in [2.45, 2.75) is 57.4 Å². The van der Waals surface area contributed by atoms with Crippen LogP contribution in [0.3, 0.4) is 0 Å². The van der Waals surface area contributed by atoms with E-state index in [9.17, 15) is 0 Å². The molecule has 0 atom stereocenters. The second-order valence-electron chi connectivity index (χ2n) is 4.28. The van der Waals surface area contributed by atoms with E-state index in [0.717, 1.165) is 13.1 Å². The minimum absolute atomic E-state index is 0.273. The number of nitrogens with two attached hydrogens (primary N) is 1. The summed E-state index contributed by atoms with van der Waals surface area (Å²) in [7, 11) is 0. The third kappa shape index (κ3) is 3.28. The Hall–Kier alpha value is -0.0800. The summed E-state index contributed by atoms with van der Waals surface area (Å²) >= 11 is 0. The molecule has 0 amide bonds. The molecule has 3 N–H and O–H groups in total. The van der Waals surface area contributed by atoms with Crippen LogP contribution in [0.1, 0.15) is 51.9 Å². The van der Waals surface area contributed by atoms with Gasteiger partial charge in [0, 0.05) is 12.1 Å². The van der Waals surface area contributed by atoms with Gasteiger partial charge in [-0.15, -0.1) is 0 Å². The van der Waals surface area contributed by atoms with Crippen LogP contribution < -0.4 is 11.1 Å². The van der Waals surface area contributed by atoms with Crippen molar-refractivity contribution in [3.63, 3.8) is 0 Å². The molecule has 1 aliphatic rings. The molecule has 2 heteroatoms. The first-order valence-electron chi connectivity index (χ1n) is 5.78. The van der Waals surface area contributed by atoms with E-state index in [4.69, 9.17) is 5.73 Å². The molecular weight excluding hydrogens is 160 g/mol. The molecule has 0 aromatic heterocycles. The number of hydrogen-bond acceptors (Lipinski definition) is 2. The third-order valence-electron chi connectivity index (χ3n) is 3.25. The quantitative estimate of drug-likeness (QED) is 0.704. The summed E-state index contributed by atoms with van der Waals surface area (Å²) in [6, 6.07) is 0. The van der Waals surface area contributed by atoms with E-state index < -0.39 is 0 Å². The SMILES string of the molecule is CCNC1(CN)CCCCCCC1. The van der Waals surface area contributed by atoms with Crippen molar-refractivity contribution in [2.24, 2.45) is 5.73 Å². The maximum atomic E-state index is 5.88. The molecule has 0 heterocycles. The van der Waals surface area contributed by atoms with Gasteiger partial charge in [0.25, 0.3) is 0 Å². The zero-order valence-corrected chi connectivity index (χ0v) is 8.94. The molecule has 2 nitrogen and oxygen atoms in total. The van der Waals surface area contributed by atoms with Gasteiger partial charge in [-0.25, -0.2) is 0 Å². The van der Waals surface area contributed by atoms with E-state index in [-0.39, 0.29) is 5.54 Å². The minimum atomic E-state index is 0.273. The maximum absolute atomic E-state index is 5.88. The second-order valence-corrected chi connectivity index (χ2v) is 4.28. The monoisotopic (exact) mass is 184 g/mol. The van der Waals surface area contributed by atoms with Crippen LogP contribution in [0.2, 0.25) is 0 Å². The van der Waals surface area contributed by atoms with Gasteiger partial charge < -0.3 is 11.1 Å². The summed E-state index contributed by atoms with van der Waals surface area (Å²) in [6.45, 7) is 4.04. The first-order chi connectivity index (χ1) is 6.33. The van der Waals surface area contributed by atoms with Gasteiger partial charge in [-0.3, -0.25) is 0 Å². The van der Waals surface area contributed by atoms with E-state index in [2.05, 4.69) is 12.2 Å². The van der Waals surface area contributed by atoms with Gasteiger partial charge in [-0.1, -0.05) is 39.0 Å². The third-order valence-corrected chi connectivity index (χ3v) is 3.25. The van der Waals surface area contributed by atoms with Crippen molar-refractivity contribution in [3.05, 3.63) is 0 Å². The number of likely N-dealkylation sites (N-methyl/N-ethyl adjacent to an activating group) is 1. The second kappa shape index (κ2) is 5.61. The Labute approximate surface area is 82.3 Å². The molecule has 0 unspecified atom stereocenters. The van der Waals surface area contributed by atoms with Crippen LogP contribution >= 0.6 is 0 Å². The highest BCUT2D eigenvalue weighted by molar-refractivity contribution is 4.89. The predicted octanol–water partition coefficient (Wildman–Crippen LogP) is 2.04. The van der Waals surface area contributed by atoms with E-state index in [1.54, 1.807) is 0 Å². The van der Waals surface area contributed by atoms with Gasteiger partial charge in [-0.2, -0.15) is 0 Å². The standard InChI is InChI=1S/C11H24N2/c1-2-13-11(10-12)8-6-4-3-5-7-9-11/h13H,2-10,12H2,1H3. The maximum Gasteiger partial charge on any atom is 0.0303 e. The van der Waals surface area contributed by atoms with Gasteiger partial charge in [0.05, 0.1) is 0 Å². The van der Waals surface area contributed by atoms with E-state index >= 15 is 0 Å². The predicted molar refractivity (Wildman–Crippen MR) is 57.8 cm³/mol. The Morgan fingerprint density at radius 3 is 2.08 bits per heavy atom. The molecule has 78 valence electrons. The summed E-state index contributed by atoms with van der Waals surface area (Å²) in [5.74, 6) is 0. The molecule has 1 rings (SSSR count). The van der Waals surface area contributed by atoms with E-state index in [1.807, 2.05) is 0 Å². The van der Waals surface area contributed by atoms with Gasteiger partial charge in [0.1, 0.15) is 0 Å². The van der Waals surface area contributed by atoms with Gasteiger partial charge in [0.15, 0.2) is 0 Å². The summed E-state index contributed by atoms with van der Waals surface area (Å²) in [5, 5.41) is 3.59. The van der Waals surface area contributed by atoms with Crippen molar-refractivity contribution in [1.29, 1.82) is 0 Å². The molecule has 0 spiro atoms. The van der Waals surface area contributed by atoms with Gasteiger partial charge in [-0.05, 0) is 19.4 Å². The van der Waals surface area contributed by atoms with Crippen molar-refractivity contribution in [2.75, 3.05) is 13.1 Å². The summed E-state index contributed by atoms with van der Waals surface area (Å²) < 4.78 is 0. The summed E-state index contributed by atoms with van der Waals surface area (Å²) in [6.07, 6.45) is 9.47. The molecule has 0 saturated heterocycles. The molecule has 0 aliphatic heterocycles. The number of hydrogen-bond donors (Lipinski definition) is 2. The van der Waals surface area contributed by atoms with Crippen LogP contribution in [0.15, 0.2) is 0 Å². The Kier molecular flexibility index (Phi) is 4.74. The van der Waals surface area contributed by atoms with Crippen LogP contribution in [0.5, 0.6) is 0 Å². The number of nitrogens with one attached hydrogen (secondary N) is 1.